The van der Waals surface area contributed by atoms with E-state index in [0.29, 0.717) is 12.4 Å². The zero-order valence-electron chi connectivity index (χ0n) is 16.0. The van der Waals surface area contributed by atoms with Crippen molar-refractivity contribution >= 4 is 16.7 Å². The molecule has 0 unspecified atom stereocenters. The van der Waals surface area contributed by atoms with Crippen molar-refractivity contribution in [2.45, 2.75) is 6.61 Å². The van der Waals surface area contributed by atoms with Crippen LogP contribution in [-0.2, 0) is 13.7 Å². The molecule has 0 spiro atoms. The number of aryl methyl sites for hydroxylation is 1. The number of aromatic nitrogens is 6. The highest BCUT2D eigenvalue weighted by Gasteiger charge is 2.12. The Kier molecular flexibility index (Phi) is 4.09. The Morgan fingerprint density at radius 3 is 2.76 bits per heavy atom. The van der Waals surface area contributed by atoms with Gasteiger partial charge in [0.05, 0.1) is 18.7 Å². The molecule has 8 heteroatoms. The van der Waals surface area contributed by atoms with Crippen LogP contribution in [0, 0.1) is 0 Å². The first-order valence-electron chi connectivity index (χ1n) is 9.10. The maximum Gasteiger partial charge on any atom is 0.182 e. The van der Waals surface area contributed by atoms with E-state index < -0.39 is 0 Å². The summed E-state index contributed by atoms with van der Waals surface area (Å²) < 4.78 is 14.5. The summed E-state index contributed by atoms with van der Waals surface area (Å²) in [5, 5.41) is 9.70. The van der Waals surface area contributed by atoms with Crippen molar-refractivity contribution in [1.82, 2.24) is 29.4 Å². The summed E-state index contributed by atoms with van der Waals surface area (Å²) in [4.78, 5) is 9.11. The molecule has 5 rings (SSSR count). The van der Waals surface area contributed by atoms with Gasteiger partial charge in [-0.25, -0.2) is 14.5 Å². The van der Waals surface area contributed by atoms with Crippen LogP contribution >= 0.6 is 0 Å². The number of hydrogen-bond donors (Lipinski definition) is 0. The van der Waals surface area contributed by atoms with Gasteiger partial charge in [0.2, 0.25) is 0 Å². The van der Waals surface area contributed by atoms with Crippen LogP contribution in [-0.4, -0.2) is 36.5 Å². The molecule has 0 bridgehead atoms. The van der Waals surface area contributed by atoms with E-state index in [1.54, 1.807) is 28.8 Å². The highest BCUT2D eigenvalue weighted by Crippen LogP contribution is 2.23. The summed E-state index contributed by atoms with van der Waals surface area (Å²) in [5.74, 6) is 2.15. The van der Waals surface area contributed by atoms with E-state index in [4.69, 9.17) is 14.5 Å². The van der Waals surface area contributed by atoms with E-state index >= 15 is 0 Å². The monoisotopic (exact) mass is 386 g/mol. The van der Waals surface area contributed by atoms with Crippen LogP contribution in [0.25, 0.3) is 28.1 Å². The molecule has 3 heterocycles. The van der Waals surface area contributed by atoms with Crippen molar-refractivity contribution in [2.75, 3.05) is 7.11 Å². The van der Waals surface area contributed by atoms with Crippen LogP contribution in [0.2, 0.25) is 0 Å². The Labute approximate surface area is 166 Å². The second-order valence-corrected chi connectivity index (χ2v) is 6.62. The Hall–Kier alpha value is -3.94. The van der Waals surface area contributed by atoms with Crippen LogP contribution in [0.3, 0.4) is 0 Å². The van der Waals surface area contributed by atoms with E-state index in [2.05, 4.69) is 15.2 Å². The molecule has 2 aromatic carbocycles. The molecule has 0 aliphatic carbocycles. The van der Waals surface area contributed by atoms with Crippen molar-refractivity contribution in [2.24, 2.45) is 7.05 Å². The minimum Gasteiger partial charge on any atom is -0.497 e. The molecule has 0 saturated heterocycles. The average molecular weight is 386 g/mol. The van der Waals surface area contributed by atoms with Gasteiger partial charge in [-0.3, -0.25) is 4.68 Å². The van der Waals surface area contributed by atoms with Gasteiger partial charge in [0, 0.05) is 18.7 Å². The third-order valence-electron chi connectivity index (χ3n) is 4.70. The van der Waals surface area contributed by atoms with Gasteiger partial charge >= 0.3 is 0 Å². The number of rotatable bonds is 5. The predicted molar refractivity (Wildman–Crippen MR) is 108 cm³/mol. The minimum atomic E-state index is 0.433. The Morgan fingerprint density at radius 1 is 1.00 bits per heavy atom. The number of nitrogens with zero attached hydrogens (tertiary/aromatic N) is 6. The van der Waals surface area contributed by atoms with Crippen LogP contribution in [0.5, 0.6) is 11.5 Å². The Bertz CT molecular complexity index is 1320. The molecule has 144 valence electrons. The fraction of sp³-hybridized carbons (Fsp3) is 0.143. The highest BCUT2D eigenvalue weighted by atomic mass is 16.5. The van der Waals surface area contributed by atoms with Gasteiger partial charge in [0.25, 0.3) is 0 Å². The van der Waals surface area contributed by atoms with Crippen LogP contribution in [0.4, 0.5) is 0 Å². The summed E-state index contributed by atoms with van der Waals surface area (Å²) in [7, 11) is 3.49. The SMILES string of the molecule is COc1cccc(OCc2cccc(-c3nc4c5cnn(C)c5ncn4n3)c2)c1. The van der Waals surface area contributed by atoms with Crippen molar-refractivity contribution in [3.8, 4) is 22.9 Å². The maximum absolute atomic E-state index is 5.90. The molecule has 0 saturated carbocycles. The Morgan fingerprint density at radius 2 is 1.86 bits per heavy atom. The molecule has 0 radical (unpaired) electrons. The fourth-order valence-electron chi connectivity index (χ4n) is 3.22. The van der Waals surface area contributed by atoms with Gasteiger partial charge in [-0.2, -0.15) is 5.10 Å². The minimum absolute atomic E-state index is 0.433. The topological polar surface area (TPSA) is 79.4 Å². The summed E-state index contributed by atoms with van der Waals surface area (Å²) in [5.41, 5.74) is 3.44. The first-order valence-corrected chi connectivity index (χ1v) is 9.10. The van der Waals surface area contributed by atoms with Crippen molar-refractivity contribution in [3.05, 3.63) is 66.6 Å². The van der Waals surface area contributed by atoms with Gasteiger partial charge in [-0.1, -0.05) is 24.3 Å². The molecular weight excluding hydrogens is 368 g/mol. The molecule has 0 atom stereocenters. The third-order valence-corrected chi connectivity index (χ3v) is 4.70. The molecule has 0 fully saturated rings. The lowest BCUT2D eigenvalue weighted by molar-refractivity contribution is 0.303. The highest BCUT2D eigenvalue weighted by molar-refractivity contribution is 5.89. The summed E-state index contributed by atoms with van der Waals surface area (Å²) in [6.07, 6.45) is 3.42. The molecule has 8 nitrogen and oxygen atoms in total. The quantitative estimate of drug-likeness (QED) is 0.461. The lowest BCUT2D eigenvalue weighted by Gasteiger charge is -2.08. The summed E-state index contributed by atoms with van der Waals surface area (Å²) in [6, 6.07) is 15.6. The van der Waals surface area contributed by atoms with Gasteiger partial charge in [0.1, 0.15) is 24.4 Å². The second-order valence-electron chi connectivity index (χ2n) is 6.62. The fourth-order valence-corrected chi connectivity index (χ4v) is 3.22. The number of ether oxygens (including phenoxy) is 2. The van der Waals surface area contributed by atoms with Crippen LogP contribution in [0.15, 0.2) is 61.1 Å². The number of fused-ring (bicyclic) bond motifs is 3. The van der Waals surface area contributed by atoms with Gasteiger partial charge in [0.15, 0.2) is 17.1 Å². The molecule has 0 aliphatic heterocycles. The lowest BCUT2D eigenvalue weighted by Crippen LogP contribution is -1.96. The largest absolute Gasteiger partial charge is 0.497 e. The van der Waals surface area contributed by atoms with Gasteiger partial charge in [-0.05, 0) is 23.8 Å². The second kappa shape index (κ2) is 6.90. The maximum atomic E-state index is 5.90. The predicted octanol–water partition coefficient (Wildman–Crippen LogP) is 3.27. The zero-order valence-corrected chi connectivity index (χ0v) is 16.0. The standard InChI is InChI=1S/C21H18N6O2/c1-26-20-18(11-23-26)21-24-19(25-27(21)13-22-20)15-6-3-5-14(9-15)12-29-17-8-4-7-16(10-17)28-2/h3-11,13H,12H2,1-2H3. The van der Waals surface area contributed by atoms with E-state index in [1.807, 2.05) is 55.6 Å². The molecule has 0 amide bonds. The summed E-state index contributed by atoms with van der Waals surface area (Å²) >= 11 is 0. The zero-order chi connectivity index (χ0) is 19.8. The van der Waals surface area contributed by atoms with Crippen molar-refractivity contribution < 1.29 is 9.47 Å². The van der Waals surface area contributed by atoms with Gasteiger partial charge < -0.3 is 9.47 Å². The van der Waals surface area contributed by atoms with Crippen molar-refractivity contribution in [1.29, 1.82) is 0 Å². The normalized spacial score (nSPS) is 11.2. The molecule has 3 aromatic heterocycles. The number of benzene rings is 2. The van der Waals surface area contributed by atoms with E-state index in [-0.39, 0.29) is 0 Å². The molecule has 5 aromatic rings. The van der Waals surface area contributed by atoms with Crippen LogP contribution < -0.4 is 9.47 Å². The number of hydrogen-bond acceptors (Lipinski definition) is 6. The Balaban J connectivity index is 1.44. The first kappa shape index (κ1) is 17.2. The molecule has 29 heavy (non-hydrogen) atoms. The summed E-state index contributed by atoms with van der Waals surface area (Å²) in [6.45, 7) is 0.433. The number of methoxy groups -OCH3 is 1. The van der Waals surface area contributed by atoms with E-state index in [9.17, 15) is 0 Å². The smallest absolute Gasteiger partial charge is 0.182 e. The van der Waals surface area contributed by atoms with E-state index in [0.717, 1.165) is 39.3 Å². The lowest BCUT2D eigenvalue weighted by atomic mass is 10.1. The average Bonchev–Trinajstić information content (AvgIpc) is 3.36. The molecule has 0 aliphatic rings. The molecule has 0 N–H and O–H groups in total. The first-order chi connectivity index (χ1) is 14.2. The van der Waals surface area contributed by atoms with Crippen molar-refractivity contribution in [3.63, 3.8) is 0 Å². The van der Waals surface area contributed by atoms with Gasteiger partial charge in [-0.15, -0.1) is 5.10 Å². The third kappa shape index (κ3) is 3.14. The van der Waals surface area contributed by atoms with E-state index in [1.165, 1.54) is 0 Å². The van der Waals surface area contributed by atoms with Crippen LogP contribution in [0.1, 0.15) is 5.56 Å². The molecular formula is C21H18N6O2.